The summed E-state index contributed by atoms with van der Waals surface area (Å²) in [5.74, 6) is 0.112. The zero-order valence-corrected chi connectivity index (χ0v) is 13.7. The molecule has 1 atom stereocenters. The van der Waals surface area contributed by atoms with E-state index in [-0.39, 0.29) is 31.1 Å². The molecule has 6 heteroatoms. The van der Waals surface area contributed by atoms with Gasteiger partial charge < -0.3 is 15.0 Å². The van der Waals surface area contributed by atoms with Gasteiger partial charge in [0.2, 0.25) is 11.8 Å². The first-order valence-corrected chi connectivity index (χ1v) is 8.27. The van der Waals surface area contributed by atoms with Crippen LogP contribution in [-0.4, -0.2) is 38.1 Å². The van der Waals surface area contributed by atoms with Crippen molar-refractivity contribution in [3.63, 3.8) is 0 Å². The average Bonchev–Trinajstić information content (AvgIpc) is 3.13. The maximum atomic E-state index is 12.4. The minimum Gasteiger partial charge on any atom is -0.381 e. The van der Waals surface area contributed by atoms with Crippen molar-refractivity contribution in [2.75, 3.05) is 31.2 Å². The van der Waals surface area contributed by atoms with Gasteiger partial charge in [-0.1, -0.05) is 18.2 Å². The van der Waals surface area contributed by atoms with E-state index in [1.165, 1.54) is 0 Å². The summed E-state index contributed by atoms with van der Waals surface area (Å²) in [6.07, 6.45) is 1.51. The topological polar surface area (TPSA) is 82.4 Å². The van der Waals surface area contributed by atoms with Crippen molar-refractivity contribution >= 4 is 17.5 Å². The molecular weight excluding hydrogens is 306 g/mol. The second-order valence-electron chi connectivity index (χ2n) is 5.82. The van der Waals surface area contributed by atoms with E-state index in [2.05, 4.69) is 11.4 Å². The predicted molar refractivity (Wildman–Crippen MR) is 90.2 cm³/mol. The number of amides is 2. The van der Waals surface area contributed by atoms with Gasteiger partial charge in [0.05, 0.1) is 19.1 Å². The molecule has 6 nitrogen and oxygen atoms in total. The third-order valence-corrected chi connectivity index (χ3v) is 3.99. The SMILES string of the molecule is N#CCCN(C(=O)CCC(=O)NC[C@H]1CCOC1)c1ccccc1. The third-order valence-electron chi connectivity index (χ3n) is 3.99. The number of carbonyl (C=O) groups is 2. The van der Waals surface area contributed by atoms with Crippen molar-refractivity contribution in [2.24, 2.45) is 5.92 Å². The molecule has 128 valence electrons. The number of anilines is 1. The second-order valence-corrected chi connectivity index (χ2v) is 5.82. The molecule has 0 radical (unpaired) electrons. The van der Waals surface area contributed by atoms with Crippen LogP contribution in [0.25, 0.3) is 0 Å². The molecule has 0 aromatic heterocycles. The van der Waals surface area contributed by atoms with E-state index in [1.54, 1.807) is 4.90 Å². The molecule has 0 bridgehead atoms. The standard InChI is InChI=1S/C18H23N3O3/c19-10-4-11-21(16-5-2-1-3-6-16)18(23)8-7-17(22)20-13-15-9-12-24-14-15/h1-3,5-6,15H,4,7-9,11-14H2,(H,20,22)/t15-/m1/s1. The van der Waals surface area contributed by atoms with E-state index < -0.39 is 0 Å². The van der Waals surface area contributed by atoms with Crippen LogP contribution in [0, 0.1) is 17.2 Å². The van der Waals surface area contributed by atoms with E-state index in [9.17, 15) is 9.59 Å². The highest BCUT2D eigenvalue weighted by Gasteiger charge is 2.18. The fourth-order valence-electron chi connectivity index (χ4n) is 2.61. The van der Waals surface area contributed by atoms with Crippen LogP contribution in [0.5, 0.6) is 0 Å². The summed E-state index contributed by atoms with van der Waals surface area (Å²) in [6.45, 7) is 2.38. The average molecular weight is 329 g/mol. The van der Waals surface area contributed by atoms with Gasteiger partial charge in [-0.3, -0.25) is 9.59 Å². The summed E-state index contributed by atoms with van der Waals surface area (Å²) in [7, 11) is 0. The quantitative estimate of drug-likeness (QED) is 0.789. The molecule has 1 fully saturated rings. The second kappa shape index (κ2) is 9.68. The Labute approximate surface area is 142 Å². The summed E-state index contributed by atoms with van der Waals surface area (Å²) >= 11 is 0. The van der Waals surface area contributed by atoms with Gasteiger partial charge in [0.25, 0.3) is 0 Å². The summed E-state index contributed by atoms with van der Waals surface area (Å²) < 4.78 is 5.27. The zero-order valence-electron chi connectivity index (χ0n) is 13.7. The van der Waals surface area contributed by atoms with Crippen LogP contribution in [0.2, 0.25) is 0 Å². The maximum absolute atomic E-state index is 12.4. The molecule has 0 aliphatic carbocycles. The van der Waals surface area contributed by atoms with Gasteiger partial charge in [0.1, 0.15) is 0 Å². The summed E-state index contributed by atoms with van der Waals surface area (Å²) in [6, 6.07) is 11.3. The Balaban J connectivity index is 1.81. The smallest absolute Gasteiger partial charge is 0.227 e. The molecular formula is C18H23N3O3. The molecule has 0 unspecified atom stereocenters. The molecule has 1 aromatic carbocycles. The molecule has 1 N–H and O–H groups in total. The first kappa shape index (κ1) is 18.0. The van der Waals surface area contributed by atoms with Gasteiger partial charge in [-0.15, -0.1) is 0 Å². The number of carbonyl (C=O) groups excluding carboxylic acids is 2. The lowest BCUT2D eigenvalue weighted by Crippen LogP contribution is -2.34. The highest BCUT2D eigenvalue weighted by Crippen LogP contribution is 2.16. The number of rotatable bonds is 8. The highest BCUT2D eigenvalue weighted by atomic mass is 16.5. The molecule has 2 amide bonds. The van der Waals surface area contributed by atoms with Crippen LogP contribution in [0.1, 0.15) is 25.7 Å². The van der Waals surface area contributed by atoms with E-state index >= 15 is 0 Å². The van der Waals surface area contributed by atoms with E-state index in [1.807, 2.05) is 30.3 Å². The molecule has 1 aliphatic rings. The highest BCUT2D eigenvalue weighted by molar-refractivity contribution is 5.95. The van der Waals surface area contributed by atoms with Crippen LogP contribution < -0.4 is 10.2 Å². The molecule has 1 saturated heterocycles. The van der Waals surface area contributed by atoms with Crippen molar-refractivity contribution in [1.82, 2.24) is 5.32 Å². The minimum absolute atomic E-state index is 0.122. The number of hydrogen-bond acceptors (Lipinski definition) is 4. The molecule has 1 aliphatic heterocycles. The first-order valence-electron chi connectivity index (χ1n) is 8.27. The van der Waals surface area contributed by atoms with Gasteiger partial charge in [-0.2, -0.15) is 5.26 Å². The zero-order chi connectivity index (χ0) is 17.2. The van der Waals surface area contributed by atoms with Crippen molar-refractivity contribution in [3.8, 4) is 6.07 Å². The Kier molecular flexibility index (Phi) is 7.24. The number of nitriles is 1. The minimum atomic E-state index is -0.143. The fraction of sp³-hybridized carbons (Fsp3) is 0.500. The molecule has 0 spiro atoms. The fourth-order valence-corrected chi connectivity index (χ4v) is 2.61. The summed E-state index contributed by atoms with van der Waals surface area (Å²) in [5, 5.41) is 11.6. The van der Waals surface area contributed by atoms with Crippen LogP contribution in [0.15, 0.2) is 30.3 Å². The largest absolute Gasteiger partial charge is 0.381 e. The van der Waals surface area contributed by atoms with Gasteiger partial charge in [-0.25, -0.2) is 0 Å². The number of nitrogens with one attached hydrogen (secondary N) is 1. The van der Waals surface area contributed by atoms with E-state index in [4.69, 9.17) is 10.00 Å². The van der Waals surface area contributed by atoms with Gasteiger partial charge >= 0.3 is 0 Å². The molecule has 0 saturated carbocycles. The first-order chi connectivity index (χ1) is 11.7. The van der Waals surface area contributed by atoms with Crippen LogP contribution in [-0.2, 0) is 14.3 Å². The van der Waals surface area contributed by atoms with E-state index in [0.29, 0.717) is 25.6 Å². The maximum Gasteiger partial charge on any atom is 0.227 e. The summed E-state index contributed by atoms with van der Waals surface area (Å²) in [4.78, 5) is 25.9. The molecule has 24 heavy (non-hydrogen) atoms. The van der Waals surface area contributed by atoms with Crippen molar-refractivity contribution in [2.45, 2.75) is 25.7 Å². The van der Waals surface area contributed by atoms with Crippen LogP contribution >= 0.6 is 0 Å². The number of benzene rings is 1. The molecule has 1 heterocycles. The Hall–Kier alpha value is -2.39. The normalized spacial score (nSPS) is 16.4. The number of hydrogen-bond donors (Lipinski definition) is 1. The molecule has 2 rings (SSSR count). The number of nitrogens with zero attached hydrogens (tertiary/aromatic N) is 2. The van der Waals surface area contributed by atoms with Gasteiger partial charge in [0, 0.05) is 44.1 Å². The number of para-hydroxylation sites is 1. The summed E-state index contributed by atoms with van der Waals surface area (Å²) in [5.41, 5.74) is 0.751. The van der Waals surface area contributed by atoms with Crippen LogP contribution in [0.3, 0.4) is 0 Å². The molecule has 1 aromatic rings. The van der Waals surface area contributed by atoms with E-state index in [0.717, 1.165) is 18.7 Å². The van der Waals surface area contributed by atoms with Crippen LogP contribution in [0.4, 0.5) is 5.69 Å². The third kappa shape index (κ3) is 5.67. The Morgan fingerprint density at radius 3 is 2.75 bits per heavy atom. The van der Waals surface area contributed by atoms with Gasteiger partial charge in [0.15, 0.2) is 0 Å². The lowest BCUT2D eigenvalue weighted by molar-refractivity contribution is -0.125. The Bertz CT molecular complexity index is 577. The van der Waals surface area contributed by atoms with Crippen molar-refractivity contribution in [1.29, 1.82) is 5.26 Å². The lowest BCUT2D eigenvalue weighted by Gasteiger charge is -2.21. The number of ether oxygens (including phenoxy) is 1. The Morgan fingerprint density at radius 1 is 1.29 bits per heavy atom. The van der Waals surface area contributed by atoms with Gasteiger partial charge in [-0.05, 0) is 18.6 Å². The van der Waals surface area contributed by atoms with Crippen molar-refractivity contribution in [3.05, 3.63) is 30.3 Å². The predicted octanol–water partition coefficient (Wildman–Crippen LogP) is 1.87. The van der Waals surface area contributed by atoms with Crippen molar-refractivity contribution < 1.29 is 14.3 Å². The lowest BCUT2D eigenvalue weighted by atomic mass is 10.1. The monoisotopic (exact) mass is 329 g/mol. The Morgan fingerprint density at radius 2 is 2.08 bits per heavy atom.